The molecular formula is C18H19N3O2. The minimum atomic E-state index is -0.342. The number of nitrogens with one attached hydrogen (secondary N) is 1. The van der Waals surface area contributed by atoms with Crippen LogP contribution >= 0.6 is 0 Å². The van der Waals surface area contributed by atoms with Gasteiger partial charge in [-0.15, -0.1) is 0 Å². The first-order chi connectivity index (χ1) is 11.1. The van der Waals surface area contributed by atoms with Crippen LogP contribution in [-0.4, -0.2) is 27.1 Å². The first kappa shape index (κ1) is 15.1. The molecule has 3 rings (SSSR count). The van der Waals surface area contributed by atoms with E-state index >= 15 is 0 Å². The van der Waals surface area contributed by atoms with Crippen molar-refractivity contribution in [2.45, 2.75) is 19.8 Å². The molecule has 1 N–H and O–H groups in total. The Labute approximate surface area is 134 Å². The van der Waals surface area contributed by atoms with Crippen LogP contribution in [0.3, 0.4) is 0 Å². The molecule has 5 nitrogen and oxygen atoms in total. The van der Waals surface area contributed by atoms with E-state index in [4.69, 9.17) is 4.74 Å². The van der Waals surface area contributed by atoms with Crippen LogP contribution in [0.15, 0.2) is 54.9 Å². The van der Waals surface area contributed by atoms with Crippen LogP contribution in [0.2, 0.25) is 0 Å². The molecule has 3 aromatic rings. The molecule has 2 aromatic heterocycles. The van der Waals surface area contributed by atoms with Gasteiger partial charge in [-0.3, -0.25) is 0 Å². The number of imidazole rings is 1. The highest BCUT2D eigenvalue weighted by Crippen LogP contribution is 2.17. The first-order valence-corrected chi connectivity index (χ1v) is 7.58. The number of hydrogen-bond acceptors (Lipinski definition) is 3. The summed E-state index contributed by atoms with van der Waals surface area (Å²) < 4.78 is 7.14. The lowest BCUT2D eigenvalue weighted by Crippen LogP contribution is -2.07. The highest BCUT2D eigenvalue weighted by atomic mass is 16.5. The third kappa shape index (κ3) is 3.51. The van der Waals surface area contributed by atoms with Gasteiger partial charge in [0.25, 0.3) is 0 Å². The van der Waals surface area contributed by atoms with Gasteiger partial charge in [-0.05, 0) is 43.7 Å². The van der Waals surface area contributed by atoms with Crippen molar-refractivity contribution in [3.8, 4) is 5.69 Å². The predicted molar refractivity (Wildman–Crippen MR) is 89.5 cm³/mol. The highest BCUT2D eigenvalue weighted by molar-refractivity contribution is 5.86. The quantitative estimate of drug-likeness (QED) is 0.431. The number of carbonyl (C=O) groups is 1. The van der Waals surface area contributed by atoms with E-state index in [2.05, 4.69) is 27.2 Å². The molecule has 0 atom stereocenters. The maximum absolute atomic E-state index is 11.3. The lowest BCUT2D eigenvalue weighted by molar-refractivity contribution is -0.139. The number of ether oxygens (including phenoxy) is 1. The summed E-state index contributed by atoms with van der Waals surface area (Å²) in [4.78, 5) is 19.2. The number of H-pyrrole nitrogens is 1. The van der Waals surface area contributed by atoms with Gasteiger partial charge < -0.3 is 14.3 Å². The molecule has 0 bridgehead atoms. The molecule has 0 saturated heterocycles. The zero-order valence-corrected chi connectivity index (χ0v) is 13.1. The highest BCUT2D eigenvalue weighted by Gasteiger charge is 2.06. The molecule has 0 saturated carbocycles. The van der Waals surface area contributed by atoms with Crippen molar-refractivity contribution in [3.05, 3.63) is 60.7 Å². The van der Waals surface area contributed by atoms with Gasteiger partial charge in [0, 0.05) is 30.1 Å². The molecule has 0 radical (unpaired) electrons. The number of aromatic amines is 1. The van der Waals surface area contributed by atoms with Gasteiger partial charge in [-0.1, -0.05) is 6.58 Å². The van der Waals surface area contributed by atoms with Crippen LogP contribution in [0.1, 0.15) is 19.2 Å². The lowest BCUT2D eigenvalue weighted by Gasteiger charge is -2.02. The Morgan fingerprint density at radius 1 is 1.35 bits per heavy atom. The minimum absolute atomic E-state index is 0.342. The van der Waals surface area contributed by atoms with Crippen LogP contribution in [0.4, 0.5) is 0 Å². The molecule has 0 aliphatic heterocycles. The van der Waals surface area contributed by atoms with Gasteiger partial charge in [-0.2, -0.15) is 0 Å². The molecule has 1 aromatic carbocycles. The lowest BCUT2D eigenvalue weighted by atomic mass is 10.3. The summed E-state index contributed by atoms with van der Waals surface area (Å²) in [7, 11) is 0. The average molecular weight is 309 g/mol. The van der Waals surface area contributed by atoms with E-state index < -0.39 is 0 Å². The van der Waals surface area contributed by atoms with Crippen LogP contribution in [0.5, 0.6) is 0 Å². The van der Waals surface area contributed by atoms with Gasteiger partial charge >= 0.3 is 5.97 Å². The molecule has 118 valence electrons. The summed E-state index contributed by atoms with van der Waals surface area (Å²) in [6.07, 6.45) is 5.48. The summed E-state index contributed by atoms with van der Waals surface area (Å²) in [5.74, 6) is 0.557. The third-order valence-electron chi connectivity index (χ3n) is 3.56. The zero-order chi connectivity index (χ0) is 16.2. The number of aromatic nitrogens is 3. The molecule has 2 heterocycles. The van der Waals surface area contributed by atoms with Crippen molar-refractivity contribution in [1.29, 1.82) is 0 Å². The monoisotopic (exact) mass is 309 g/mol. The van der Waals surface area contributed by atoms with Crippen molar-refractivity contribution in [1.82, 2.24) is 14.5 Å². The van der Waals surface area contributed by atoms with Crippen LogP contribution in [0, 0.1) is 0 Å². The van der Waals surface area contributed by atoms with Crippen molar-refractivity contribution in [2.75, 3.05) is 6.61 Å². The van der Waals surface area contributed by atoms with Crippen LogP contribution in [0.25, 0.3) is 16.7 Å². The fourth-order valence-electron chi connectivity index (χ4n) is 2.36. The molecule has 0 spiro atoms. The van der Waals surface area contributed by atoms with Crippen LogP contribution < -0.4 is 0 Å². The normalized spacial score (nSPS) is 10.8. The Balaban J connectivity index is 1.64. The summed E-state index contributed by atoms with van der Waals surface area (Å²) in [6.45, 7) is 5.57. The molecule has 0 aliphatic carbocycles. The van der Waals surface area contributed by atoms with Crippen molar-refractivity contribution < 1.29 is 9.53 Å². The molecular weight excluding hydrogens is 290 g/mol. The number of fused-ring (bicyclic) bond motifs is 1. The third-order valence-corrected chi connectivity index (χ3v) is 3.56. The largest absolute Gasteiger partial charge is 0.462 e. The van der Waals surface area contributed by atoms with Gasteiger partial charge in [0.1, 0.15) is 5.82 Å². The first-order valence-electron chi connectivity index (χ1n) is 7.58. The number of benzene rings is 1. The Hall–Kier alpha value is -2.82. The summed E-state index contributed by atoms with van der Waals surface area (Å²) >= 11 is 0. The smallest absolute Gasteiger partial charge is 0.333 e. The Kier molecular flexibility index (Phi) is 4.28. The number of rotatable bonds is 6. The molecule has 5 heteroatoms. The number of hydrogen-bond donors (Lipinski definition) is 1. The van der Waals surface area contributed by atoms with E-state index in [1.165, 1.54) is 0 Å². The van der Waals surface area contributed by atoms with Gasteiger partial charge in [-0.25, -0.2) is 9.78 Å². The fourth-order valence-corrected chi connectivity index (χ4v) is 2.36. The zero-order valence-electron chi connectivity index (χ0n) is 13.1. The average Bonchev–Trinajstić information content (AvgIpc) is 3.19. The van der Waals surface area contributed by atoms with E-state index in [0.29, 0.717) is 12.2 Å². The Morgan fingerprint density at radius 3 is 2.87 bits per heavy atom. The SMILES string of the molecule is C=C(C)C(=O)OCCCc1nc2ccc(-n3cccc3)cc2[nH]1. The minimum Gasteiger partial charge on any atom is -0.462 e. The maximum Gasteiger partial charge on any atom is 0.333 e. The molecule has 0 unspecified atom stereocenters. The van der Waals surface area contributed by atoms with E-state index in [-0.39, 0.29) is 5.97 Å². The van der Waals surface area contributed by atoms with Crippen molar-refractivity contribution >= 4 is 17.0 Å². The van der Waals surface area contributed by atoms with E-state index in [1.807, 2.05) is 36.7 Å². The summed E-state index contributed by atoms with van der Waals surface area (Å²) in [5, 5.41) is 0. The van der Waals surface area contributed by atoms with Gasteiger partial charge in [0.15, 0.2) is 0 Å². The molecule has 0 fully saturated rings. The number of carbonyl (C=O) groups excluding carboxylic acids is 1. The topological polar surface area (TPSA) is 59.9 Å². The second-order valence-electron chi connectivity index (χ2n) is 5.50. The van der Waals surface area contributed by atoms with E-state index in [0.717, 1.165) is 35.4 Å². The van der Waals surface area contributed by atoms with E-state index in [1.54, 1.807) is 6.92 Å². The van der Waals surface area contributed by atoms with Crippen molar-refractivity contribution in [3.63, 3.8) is 0 Å². The Morgan fingerprint density at radius 2 is 2.13 bits per heavy atom. The summed E-state index contributed by atoms with van der Waals surface area (Å²) in [6, 6.07) is 10.1. The van der Waals surface area contributed by atoms with Crippen LogP contribution in [-0.2, 0) is 16.0 Å². The Bertz CT molecular complexity index is 831. The number of aryl methyl sites for hydroxylation is 1. The van der Waals surface area contributed by atoms with Gasteiger partial charge in [0.2, 0.25) is 0 Å². The molecule has 0 amide bonds. The molecule has 23 heavy (non-hydrogen) atoms. The van der Waals surface area contributed by atoms with E-state index in [9.17, 15) is 4.79 Å². The van der Waals surface area contributed by atoms with Gasteiger partial charge in [0.05, 0.1) is 17.6 Å². The second-order valence-corrected chi connectivity index (χ2v) is 5.50. The fraction of sp³-hybridized carbons (Fsp3) is 0.222. The maximum atomic E-state index is 11.3. The van der Waals surface area contributed by atoms with Crippen molar-refractivity contribution in [2.24, 2.45) is 0 Å². The second kappa shape index (κ2) is 6.52. The molecule has 0 aliphatic rings. The number of nitrogens with zero attached hydrogens (tertiary/aromatic N) is 2. The summed E-state index contributed by atoms with van der Waals surface area (Å²) in [5.41, 5.74) is 3.46. The predicted octanol–water partition coefficient (Wildman–Crippen LogP) is 3.41. The number of esters is 1. The standard InChI is InChI=1S/C18H19N3O2/c1-13(2)18(22)23-11-5-6-17-19-15-8-7-14(12-16(15)20-17)21-9-3-4-10-21/h3-4,7-10,12H,1,5-6,11H2,2H3,(H,19,20).